The quantitative estimate of drug-likeness (QED) is 0.576. The van der Waals surface area contributed by atoms with Gasteiger partial charge >= 0.3 is 0 Å². The first kappa shape index (κ1) is 13.5. The maximum Gasteiger partial charge on any atom is 0.214 e. The number of hydrogen-bond acceptors (Lipinski definition) is 6. The van der Waals surface area contributed by atoms with Crippen LogP contribution >= 0.6 is 11.3 Å². The van der Waals surface area contributed by atoms with Crippen molar-refractivity contribution in [1.82, 2.24) is 14.6 Å². The molecular formula is C16H10N4O2S. The number of benzene rings is 1. The zero-order valence-electron chi connectivity index (χ0n) is 12.1. The Balaban J connectivity index is 1.88. The van der Waals surface area contributed by atoms with Gasteiger partial charge in [0.2, 0.25) is 4.96 Å². The van der Waals surface area contributed by atoms with E-state index in [9.17, 15) is 5.26 Å². The lowest BCUT2D eigenvalue weighted by Crippen LogP contribution is -1.91. The molecule has 0 radical (unpaired) electrons. The molecule has 0 N–H and O–H groups in total. The van der Waals surface area contributed by atoms with Crippen molar-refractivity contribution in [3.05, 3.63) is 48.4 Å². The minimum absolute atomic E-state index is 0.391. The Kier molecular flexibility index (Phi) is 3.10. The fourth-order valence-electron chi connectivity index (χ4n) is 2.32. The first-order valence-corrected chi connectivity index (χ1v) is 7.60. The molecule has 112 valence electrons. The molecular weight excluding hydrogens is 312 g/mol. The van der Waals surface area contributed by atoms with Gasteiger partial charge in [0.1, 0.15) is 17.5 Å². The lowest BCUT2D eigenvalue weighted by molar-refractivity contribution is 0.415. The molecule has 0 aliphatic carbocycles. The minimum atomic E-state index is 0.391. The average Bonchev–Trinajstić information content (AvgIpc) is 3.29. The van der Waals surface area contributed by atoms with Crippen LogP contribution in [0.15, 0.2) is 47.1 Å². The second-order valence-electron chi connectivity index (χ2n) is 4.73. The van der Waals surface area contributed by atoms with Crippen molar-refractivity contribution in [3.8, 4) is 33.8 Å². The number of nitriles is 1. The van der Waals surface area contributed by atoms with E-state index < -0.39 is 0 Å². The Morgan fingerprint density at radius 1 is 1.30 bits per heavy atom. The van der Waals surface area contributed by atoms with E-state index in [1.807, 2.05) is 30.3 Å². The first-order chi connectivity index (χ1) is 11.3. The number of fused-ring (bicyclic) bond motifs is 1. The van der Waals surface area contributed by atoms with E-state index in [0.717, 1.165) is 5.56 Å². The molecule has 6 nitrogen and oxygen atoms in total. The van der Waals surface area contributed by atoms with Gasteiger partial charge < -0.3 is 9.15 Å². The number of aromatic nitrogens is 3. The predicted octanol–water partition coefficient (Wildman–Crippen LogP) is 3.60. The van der Waals surface area contributed by atoms with E-state index >= 15 is 0 Å². The highest BCUT2D eigenvalue weighted by molar-refractivity contribution is 7.19. The van der Waals surface area contributed by atoms with Crippen LogP contribution in [0.5, 0.6) is 5.75 Å². The molecule has 0 aliphatic heterocycles. The monoisotopic (exact) mass is 322 g/mol. The third-order valence-electron chi connectivity index (χ3n) is 3.38. The van der Waals surface area contributed by atoms with Gasteiger partial charge in [0, 0.05) is 5.56 Å². The Bertz CT molecular complexity index is 1020. The summed E-state index contributed by atoms with van der Waals surface area (Å²) in [5.41, 5.74) is 1.80. The Morgan fingerprint density at radius 2 is 2.22 bits per heavy atom. The Morgan fingerprint density at radius 3 is 2.96 bits per heavy atom. The van der Waals surface area contributed by atoms with Crippen molar-refractivity contribution in [2.45, 2.75) is 0 Å². The van der Waals surface area contributed by atoms with Crippen LogP contribution in [0.2, 0.25) is 0 Å². The van der Waals surface area contributed by atoms with Crippen LogP contribution in [0, 0.1) is 11.3 Å². The summed E-state index contributed by atoms with van der Waals surface area (Å²) in [4.78, 5) is 5.20. The maximum atomic E-state index is 9.53. The highest BCUT2D eigenvalue weighted by Gasteiger charge is 2.19. The number of furan rings is 1. The second-order valence-corrected chi connectivity index (χ2v) is 5.69. The summed E-state index contributed by atoms with van der Waals surface area (Å²) in [6.07, 6.45) is 1.59. The molecule has 7 heteroatoms. The molecule has 0 bridgehead atoms. The molecule has 0 aliphatic rings. The van der Waals surface area contributed by atoms with Gasteiger partial charge in [-0.3, -0.25) is 0 Å². The molecule has 0 atom stereocenters. The number of hydrogen-bond donors (Lipinski definition) is 0. The fraction of sp³-hybridized carbons (Fsp3) is 0.0625. The fourth-order valence-corrected chi connectivity index (χ4v) is 3.19. The number of rotatable bonds is 3. The third-order valence-corrected chi connectivity index (χ3v) is 4.31. The van der Waals surface area contributed by atoms with Crippen LogP contribution in [0.1, 0.15) is 5.69 Å². The average molecular weight is 322 g/mol. The SMILES string of the molecule is COc1cccc(-c2nc3sc(-c4ccco4)nn3c2C#N)c1. The molecule has 23 heavy (non-hydrogen) atoms. The van der Waals surface area contributed by atoms with E-state index in [1.165, 1.54) is 11.3 Å². The van der Waals surface area contributed by atoms with Gasteiger partial charge in [-0.05, 0) is 24.3 Å². The van der Waals surface area contributed by atoms with E-state index in [2.05, 4.69) is 16.2 Å². The molecule has 0 unspecified atom stereocenters. The minimum Gasteiger partial charge on any atom is -0.497 e. The third kappa shape index (κ3) is 2.17. The summed E-state index contributed by atoms with van der Waals surface area (Å²) in [5, 5.41) is 14.7. The lowest BCUT2D eigenvalue weighted by Gasteiger charge is -2.02. The molecule has 0 amide bonds. The van der Waals surface area contributed by atoms with E-state index in [-0.39, 0.29) is 0 Å². The second kappa shape index (κ2) is 5.26. The van der Waals surface area contributed by atoms with E-state index in [0.29, 0.717) is 32.9 Å². The van der Waals surface area contributed by atoms with Crippen LogP contribution in [0.3, 0.4) is 0 Å². The zero-order chi connectivity index (χ0) is 15.8. The molecule has 1 aromatic carbocycles. The normalized spacial score (nSPS) is 10.8. The predicted molar refractivity (Wildman–Crippen MR) is 85.3 cm³/mol. The van der Waals surface area contributed by atoms with Gasteiger partial charge in [-0.2, -0.15) is 9.78 Å². The van der Waals surface area contributed by atoms with E-state index in [4.69, 9.17) is 9.15 Å². The Hall–Kier alpha value is -3.11. The molecule has 0 fully saturated rings. The maximum absolute atomic E-state index is 9.53. The van der Waals surface area contributed by atoms with Crippen molar-refractivity contribution in [2.24, 2.45) is 0 Å². The molecule has 0 spiro atoms. The van der Waals surface area contributed by atoms with Gasteiger partial charge in [0.25, 0.3) is 0 Å². The van der Waals surface area contributed by atoms with Gasteiger partial charge in [0.15, 0.2) is 16.5 Å². The molecule has 3 heterocycles. The first-order valence-electron chi connectivity index (χ1n) is 6.78. The molecule has 4 aromatic rings. The molecule has 4 rings (SSSR count). The molecule has 0 saturated carbocycles. The highest BCUT2D eigenvalue weighted by Crippen LogP contribution is 2.31. The topological polar surface area (TPSA) is 76.3 Å². The van der Waals surface area contributed by atoms with Crippen molar-refractivity contribution < 1.29 is 9.15 Å². The smallest absolute Gasteiger partial charge is 0.214 e. The van der Waals surface area contributed by atoms with Crippen LogP contribution in [-0.2, 0) is 0 Å². The lowest BCUT2D eigenvalue weighted by atomic mass is 10.1. The largest absolute Gasteiger partial charge is 0.497 e. The number of imidazole rings is 1. The standard InChI is InChI=1S/C16H10N4O2S/c1-21-11-5-2-4-10(8-11)14-12(9-17)20-16(18-14)23-15(19-20)13-6-3-7-22-13/h2-8H,1H3. The van der Waals surface area contributed by atoms with Crippen molar-refractivity contribution in [3.63, 3.8) is 0 Å². The van der Waals surface area contributed by atoms with Crippen molar-refractivity contribution in [1.29, 1.82) is 5.26 Å². The number of nitrogens with zero attached hydrogens (tertiary/aromatic N) is 4. The van der Waals surface area contributed by atoms with Gasteiger partial charge in [0.05, 0.1) is 13.4 Å². The summed E-state index contributed by atoms with van der Waals surface area (Å²) in [7, 11) is 1.60. The van der Waals surface area contributed by atoms with Crippen LogP contribution in [0.25, 0.3) is 27.0 Å². The summed E-state index contributed by atoms with van der Waals surface area (Å²) in [6, 6.07) is 13.3. The van der Waals surface area contributed by atoms with Crippen LogP contribution in [0.4, 0.5) is 0 Å². The summed E-state index contributed by atoms with van der Waals surface area (Å²) >= 11 is 1.37. The highest BCUT2D eigenvalue weighted by atomic mass is 32.1. The van der Waals surface area contributed by atoms with Crippen molar-refractivity contribution in [2.75, 3.05) is 7.11 Å². The molecule has 0 saturated heterocycles. The summed E-state index contributed by atoms with van der Waals surface area (Å²) in [6.45, 7) is 0. The number of ether oxygens (including phenoxy) is 1. The number of methoxy groups -OCH3 is 1. The van der Waals surface area contributed by atoms with Gasteiger partial charge in [-0.15, -0.1) is 5.10 Å². The summed E-state index contributed by atoms with van der Waals surface area (Å²) < 4.78 is 12.1. The van der Waals surface area contributed by atoms with Gasteiger partial charge in [-0.25, -0.2) is 4.98 Å². The molecule has 3 aromatic heterocycles. The van der Waals surface area contributed by atoms with Gasteiger partial charge in [-0.1, -0.05) is 23.5 Å². The Labute approximate surface area is 135 Å². The summed E-state index contributed by atoms with van der Waals surface area (Å²) in [5.74, 6) is 1.37. The van der Waals surface area contributed by atoms with E-state index in [1.54, 1.807) is 24.0 Å². The van der Waals surface area contributed by atoms with Crippen molar-refractivity contribution >= 4 is 16.3 Å². The van der Waals surface area contributed by atoms with Crippen LogP contribution in [-0.4, -0.2) is 21.7 Å². The zero-order valence-corrected chi connectivity index (χ0v) is 12.9. The van der Waals surface area contributed by atoms with Crippen LogP contribution < -0.4 is 4.74 Å².